The fourth-order valence-corrected chi connectivity index (χ4v) is 6.43. The van der Waals surface area contributed by atoms with Gasteiger partial charge in [0.1, 0.15) is 5.75 Å². The number of ether oxygens (including phenoxy) is 2. The van der Waals surface area contributed by atoms with Crippen molar-refractivity contribution in [3.8, 4) is 5.75 Å². The van der Waals surface area contributed by atoms with Crippen molar-refractivity contribution >= 4 is 21.8 Å². The fraction of sp³-hybridized carbons (Fsp3) is 0.500. The van der Waals surface area contributed by atoms with Crippen molar-refractivity contribution < 1.29 is 9.47 Å². The molecule has 2 unspecified atom stereocenters. The summed E-state index contributed by atoms with van der Waals surface area (Å²) in [5.41, 5.74) is 6.73. The van der Waals surface area contributed by atoms with Crippen molar-refractivity contribution in [3.63, 3.8) is 0 Å². The van der Waals surface area contributed by atoms with Crippen molar-refractivity contribution in [2.24, 2.45) is 0 Å². The monoisotopic (exact) mass is 418 g/mol. The van der Waals surface area contributed by atoms with E-state index in [2.05, 4.69) is 78.3 Å². The lowest BCUT2D eigenvalue weighted by molar-refractivity contribution is 0.0495. The van der Waals surface area contributed by atoms with Gasteiger partial charge in [-0.3, -0.25) is 0 Å². The third kappa shape index (κ3) is 5.56. The number of methoxy groups -OCH3 is 1. The van der Waals surface area contributed by atoms with Gasteiger partial charge < -0.3 is 9.47 Å². The first kappa shape index (κ1) is 23.3. The molecule has 0 spiro atoms. The molecule has 0 saturated carbocycles. The Balaban J connectivity index is 2.55. The van der Waals surface area contributed by atoms with Crippen LogP contribution in [-0.4, -0.2) is 27.2 Å². The normalized spacial score (nSPS) is 14.0. The lowest BCUT2D eigenvalue weighted by atomic mass is 9.92. The molecule has 28 heavy (non-hydrogen) atoms. The van der Waals surface area contributed by atoms with Crippen LogP contribution in [0, 0.1) is 20.8 Å². The summed E-state index contributed by atoms with van der Waals surface area (Å²) in [4.78, 5) is 0. The zero-order valence-electron chi connectivity index (χ0n) is 18.8. The number of rotatable bonds is 9. The van der Waals surface area contributed by atoms with Gasteiger partial charge in [0.2, 0.25) is 0 Å². The zero-order chi connectivity index (χ0) is 20.9. The van der Waals surface area contributed by atoms with Crippen LogP contribution in [0.5, 0.6) is 5.75 Å². The van der Waals surface area contributed by atoms with Crippen molar-refractivity contribution in [1.82, 2.24) is 0 Å². The third-order valence-electron chi connectivity index (χ3n) is 5.29. The second kappa shape index (κ2) is 10.2. The Labute approximate surface area is 175 Å². The maximum Gasteiger partial charge on any atom is 0.188 e. The molecule has 2 atom stereocenters. The van der Waals surface area contributed by atoms with Crippen LogP contribution in [0.25, 0.3) is 0 Å². The average molecular weight is 418 g/mol. The number of benzene rings is 2. The van der Waals surface area contributed by atoms with Crippen LogP contribution in [0.3, 0.4) is 0 Å². The molecule has 154 valence electrons. The Bertz CT molecular complexity index is 801. The quantitative estimate of drug-likeness (QED) is 0.343. The van der Waals surface area contributed by atoms with Crippen molar-refractivity contribution in [3.05, 3.63) is 58.1 Å². The first-order valence-corrected chi connectivity index (χ1v) is 13.4. The van der Waals surface area contributed by atoms with Crippen LogP contribution < -0.4 is 10.0 Å². The maximum absolute atomic E-state index is 6.07. The molecule has 2 aromatic rings. The summed E-state index contributed by atoms with van der Waals surface area (Å²) in [6.07, 6.45) is 2.26. The van der Waals surface area contributed by atoms with Crippen LogP contribution in [0.4, 0.5) is 0 Å². The minimum Gasteiger partial charge on any atom is -0.467 e. The van der Waals surface area contributed by atoms with Gasteiger partial charge in [-0.05, 0) is 68.7 Å². The standard InChI is InChI=1S/C24H36O2P2/c1-9-24(5,21-14-17(2)13-19(4)22(21)26-16-25-6)27-23-18(3)11-10-12-20(23)15-28(7)8/h10-14,27H,9,15-16H2,1-8H3. The number of hydrogen-bond acceptors (Lipinski definition) is 2. The highest BCUT2D eigenvalue weighted by atomic mass is 31.1. The summed E-state index contributed by atoms with van der Waals surface area (Å²) >= 11 is 0. The Morgan fingerprint density at radius 2 is 1.79 bits per heavy atom. The van der Waals surface area contributed by atoms with E-state index >= 15 is 0 Å². The van der Waals surface area contributed by atoms with Crippen LogP contribution in [0.1, 0.15) is 48.1 Å². The molecule has 0 aromatic heterocycles. The molecule has 0 heterocycles. The van der Waals surface area contributed by atoms with E-state index in [4.69, 9.17) is 9.47 Å². The van der Waals surface area contributed by atoms with Gasteiger partial charge in [-0.2, -0.15) is 0 Å². The lowest BCUT2D eigenvalue weighted by Crippen LogP contribution is -2.23. The minimum absolute atomic E-state index is 0.0327. The molecule has 0 fully saturated rings. The molecule has 0 bridgehead atoms. The van der Waals surface area contributed by atoms with Gasteiger partial charge in [-0.25, -0.2) is 0 Å². The Morgan fingerprint density at radius 3 is 2.39 bits per heavy atom. The molecular weight excluding hydrogens is 382 g/mol. The van der Waals surface area contributed by atoms with Gasteiger partial charge in [0.05, 0.1) is 0 Å². The van der Waals surface area contributed by atoms with Crippen molar-refractivity contribution in [1.29, 1.82) is 0 Å². The van der Waals surface area contributed by atoms with E-state index in [0.717, 1.165) is 12.2 Å². The van der Waals surface area contributed by atoms with E-state index < -0.39 is 0 Å². The minimum atomic E-state index is 0.0327. The molecular formula is C24H36O2P2. The van der Waals surface area contributed by atoms with E-state index in [0.29, 0.717) is 8.58 Å². The molecule has 2 aromatic carbocycles. The van der Waals surface area contributed by atoms with E-state index in [-0.39, 0.29) is 19.9 Å². The highest BCUT2D eigenvalue weighted by Crippen LogP contribution is 2.49. The van der Waals surface area contributed by atoms with E-state index in [1.165, 1.54) is 34.0 Å². The van der Waals surface area contributed by atoms with Crippen LogP contribution in [0.15, 0.2) is 30.3 Å². The molecule has 0 amide bonds. The van der Waals surface area contributed by atoms with Crippen LogP contribution in [0.2, 0.25) is 0 Å². The Hall–Kier alpha value is -0.940. The molecule has 0 radical (unpaired) electrons. The van der Waals surface area contributed by atoms with Crippen LogP contribution >= 0.6 is 16.5 Å². The topological polar surface area (TPSA) is 18.5 Å². The average Bonchev–Trinajstić information content (AvgIpc) is 2.62. The second-order valence-corrected chi connectivity index (χ2v) is 12.5. The molecule has 0 aliphatic carbocycles. The Morgan fingerprint density at radius 1 is 1.07 bits per heavy atom. The smallest absolute Gasteiger partial charge is 0.188 e. The lowest BCUT2D eigenvalue weighted by Gasteiger charge is -2.33. The van der Waals surface area contributed by atoms with Gasteiger partial charge in [0, 0.05) is 17.8 Å². The van der Waals surface area contributed by atoms with E-state index in [9.17, 15) is 0 Å². The van der Waals surface area contributed by atoms with Gasteiger partial charge in [0.15, 0.2) is 6.79 Å². The van der Waals surface area contributed by atoms with Gasteiger partial charge in [-0.15, -0.1) is 7.92 Å². The summed E-state index contributed by atoms with van der Waals surface area (Å²) < 4.78 is 11.3. The summed E-state index contributed by atoms with van der Waals surface area (Å²) in [7, 11) is 2.42. The predicted molar refractivity (Wildman–Crippen MR) is 128 cm³/mol. The zero-order valence-corrected chi connectivity index (χ0v) is 20.7. The molecule has 0 saturated heterocycles. The summed E-state index contributed by atoms with van der Waals surface area (Å²) in [5.74, 6) is 0.993. The number of aryl methyl sites for hydroxylation is 3. The number of hydrogen-bond donors (Lipinski definition) is 0. The molecule has 2 rings (SSSR count). The summed E-state index contributed by atoms with van der Waals surface area (Å²) in [5, 5.41) is 1.57. The molecule has 0 aliphatic rings. The van der Waals surface area contributed by atoms with Crippen LogP contribution in [-0.2, 0) is 16.1 Å². The second-order valence-electron chi connectivity index (χ2n) is 8.17. The highest BCUT2D eigenvalue weighted by Gasteiger charge is 2.31. The largest absolute Gasteiger partial charge is 0.467 e. The van der Waals surface area contributed by atoms with Gasteiger partial charge in [0.25, 0.3) is 0 Å². The molecule has 0 aliphatic heterocycles. The van der Waals surface area contributed by atoms with Crippen molar-refractivity contribution in [2.45, 2.75) is 52.4 Å². The molecule has 2 nitrogen and oxygen atoms in total. The first-order chi connectivity index (χ1) is 13.2. The molecule has 0 N–H and O–H groups in total. The highest BCUT2D eigenvalue weighted by molar-refractivity contribution is 7.55. The SMILES string of the molecule is CCC(C)(Pc1c(C)cccc1CP(C)C)c1cc(C)cc(C)c1OCOC. The van der Waals surface area contributed by atoms with Gasteiger partial charge >= 0.3 is 0 Å². The first-order valence-electron chi connectivity index (χ1n) is 9.96. The third-order valence-corrected chi connectivity index (χ3v) is 8.40. The Kier molecular flexibility index (Phi) is 8.50. The van der Waals surface area contributed by atoms with Crippen molar-refractivity contribution in [2.75, 3.05) is 27.2 Å². The van der Waals surface area contributed by atoms with E-state index in [1.807, 2.05) is 0 Å². The molecule has 4 heteroatoms. The summed E-state index contributed by atoms with van der Waals surface area (Å²) in [6.45, 7) is 16.3. The predicted octanol–water partition coefficient (Wildman–Crippen LogP) is 6.47. The van der Waals surface area contributed by atoms with Gasteiger partial charge in [-0.1, -0.05) is 58.3 Å². The maximum atomic E-state index is 6.07. The summed E-state index contributed by atoms with van der Waals surface area (Å²) in [6, 6.07) is 11.3. The van der Waals surface area contributed by atoms with E-state index in [1.54, 1.807) is 12.4 Å². The fourth-order valence-electron chi connectivity index (χ4n) is 3.68.